The number of carboxylic acids is 1. The van der Waals surface area contributed by atoms with Gasteiger partial charge in [-0.1, -0.05) is 44.5 Å². The van der Waals surface area contributed by atoms with Crippen LogP contribution in [0.2, 0.25) is 0 Å². The van der Waals surface area contributed by atoms with E-state index in [-0.39, 0.29) is 11.8 Å². The quantitative estimate of drug-likeness (QED) is 0.919. The zero-order chi connectivity index (χ0) is 14.7. The van der Waals surface area contributed by atoms with Crippen LogP contribution in [-0.2, 0) is 16.0 Å². The molecule has 0 saturated heterocycles. The molecule has 2 rings (SSSR count). The molecule has 1 aromatic rings. The topological polar surface area (TPSA) is 57.6 Å². The average molecular weight is 275 g/mol. The summed E-state index contributed by atoms with van der Waals surface area (Å²) in [5.41, 5.74) is 1.79. The molecule has 20 heavy (non-hydrogen) atoms. The molecule has 0 aromatic heterocycles. The Bertz CT molecular complexity index is 512. The maximum Gasteiger partial charge on any atom is 0.331 e. The molecule has 0 spiro atoms. The zero-order valence-electron chi connectivity index (χ0n) is 12.0. The van der Waals surface area contributed by atoms with Gasteiger partial charge in [-0.05, 0) is 23.5 Å². The van der Waals surface area contributed by atoms with Gasteiger partial charge in [-0.2, -0.15) is 0 Å². The van der Waals surface area contributed by atoms with Crippen LogP contribution in [0.5, 0.6) is 0 Å². The third kappa shape index (κ3) is 2.84. The van der Waals surface area contributed by atoms with Crippen LogP contribution in [-0.4, -0.2) is 28.4 Å². The van der Waals surface area contributed by atoms with Crippen molar-refractivity contribution in [1.29, 1.82) is 0 Å². The highest BCUT2D eigenvalue weighted by Crippen LogP contribution is 2.31. The fourth-order valence-corrected chi connectivity index (χ4v) is 2.66. The normalized spacial score (nSPS) is 19.3. The van der Waals surface area contributed by atoms with Crippen LogP contribution in [0.1, 0.15) is 43.9 Å². The first-order valence-electron chi connectivity index (χ1n) is 7.14. The molecule has 4 nitrogen and oxygen atoms in total. The fraction of sp³-hybridized carbons (Fsp3) is 0.500. The predicted molar refractivity (Wildman–Crippen MR) is 76.3 cm³/mol. The molecule has 0 unspecified atom stereocenters. The highest BCUT2D eigenvalue weighted by atomic mass is 16.4. The highest BCUT2D eigenvalue weighted by Gasteiger charge is 2.35. The molecule has 1 aromatic carbocycles. The number of benzene rings is 1. The molecule has 1 aliphatic rings. The minimum absolute atomic E-state index is 0.0544. The fourth-order valence-electron chi connectivity index (χ4n) is 2.66. The summed E-state index contributed by atoms with van der Waals surface area (Å²) in [5, 5.41) is 9.50. The van der Waals surface area contributed by atoms with E-state index in [2.05, 4.69) is 0 Å². The van der Waals surface area contributed by atoms with Gasteiger partial charge in [-0.3, -0.25) is 4.79 Å². The van der Waals surface area contributed by atoms with Crippen molar-refractivity contribution in [2.75, 3.05) is 6.54 Å². The van der Waals surface area contributed by atoms with E-state index >= 15 is 0 Å². The Labute approximate surface area is 119 Å². The van der Waals surface area contributed by atoms with Gasteiger partial charge in [0.05, 0.1) is 0 Å². The minimum Gasteiger partial charge on any atom is -0.479 e. The first-order valence-corrected chi connectivity index (χ1v) is 7.14. The monoisotopic (exact) mass is 275 g/mol. The number of carbonyl (C=O) groups excluding carboxylic acids is 1. The lowest BCUT2D eigenvalue weighted by atomic mass is 9.91. The van der Waals surface area contributed by atoms with Crippen LogP contribution in [0.3, 0.4) is 0 Å². The molecule has 0 radical (unpaired) electrons. The van der Waals surface area contributed by atoms with Crippen molar-refractivity contribution >= 4 is 11.9 Å². The van der Waals surface area contributed by atoms with Gasteiger partial charge in [-0.25, -0.2) is 4.79 Å². The Morgan fingerprint density at radius 2 is 2.10 bits per heavy atom. The molecule has 0 saturated carbocycles. The Morgan fingerprint density at radius 3 is 2.75 bits per heavy atom. The summed E-state index contributed by atoms with van der Waals surface area (Å²) in [6.45, 7) is 4.55. The van der Waals surface area contributed by atoms with E-state index in [1.807, 2.05) is 38.1 Å². The molecule has 0 fully saturated rings. The maximum absolute atomic E-state index is 12.4. The van der Waals surface area contributed by atoms with E-state index in [4.69, 9.17) is 0 Å². The van der Waals surface area contributed by atoms with Crippen LogP contribution in [0.4, 0.5) is 0 Å². The number of hydrogen-bond acceptors (Lipinski definition) is 2. The van der Waals surface area contributed by atoms with E-state index in [1.165, 1.54) is 4.90 Å². The van der Waals surface area contributed by atoms with Crippen molar-refractivity contribution in [3.05, 3.63) is 35.4 Å². The Kier molecular flexibility index (Phi) is 4.42. The molecular weight excluding hydrogens is 254 g/mol. The average Bonchev–Trinajstić information content (AvgIpc) is 2.45. The number of hydrogen-bond donors (Lipinski definition) is 1. The molecule has 1 amide bonds. The zero-order valence-corrected chi connectivity index (χ0v) is 12.0. The number of carboxylic acid groups (broad SMARTS) is 1. The Balaban J connectivity index is 2.27. The highest BCUT2D eigenvalue weighted by molar-refractivity contribution is 5.85. The van der Waals surface area contributed by atoms with Crippen molar-refractivity contribution in [2.24, 2.45) is 5.92 Å². The van der Waals surface area contributed by atoms with Crippen molar-refractivity contribution < 1.29 is 14.7 Å². The third-order valence-corrected chi connectivity index (χ3v) is 4.06. The van der Waals surface area contributed by atoms with Crippen LogP contribution in [0.15, 0.2) is 24.3 Å². The number of amides is 1. The van der Waals surface area contributed by atoms with Gasteiger partial charge in [0.25, 0.3) is 0 Å². The second-order valence-electron chi connectivity index (χ2n) is 5.49. The van der Waals surface area contributed by atoms with Crippen molar-refractivity contribution in [3.8, 4) is 0 Å². The molecule has 0 bridgehead atoms. The summed E-state index contributed by atoms with van der Waals surface area (Å²) in [6.07, 6.45) is 2.07. The molecule has 2 atom stereocenters. The van der Waals surface area contributed by atoms with Gasteiger partial charge in [0.1, 0.15) is 0 Å². The van der Waals surface area contributed by atoms with Crippen LogP contribution >= 0.6 is 0 Å². The molecule has 108 valence electrons. The number of rotatable bonds is 4. The van der Waals surface area contributed by atoms with Crippen molar-refractivity contribution in [2.45, 2.75) is 39.2 Å². The molecule has 1 aliphatic heterocycles. The number of fused-ring (bicyclic) bond motifs is 1. The van der Waals surface area contributed by atoms with Crippen molar-refractivity contribution in [1.82, 2.24) is 4.90 Å². The second-order valence-corrected chi connectivity index (χ2v) is 5.49. The van der Waals surface area contributed by atoms with Crippen LogP contribution < -0.4 is 0 Å². The summed E-state index contributed by atoms with van der Waals surface area (Å²) < 4.78 is 0. The summed E-state index contributed by atoms with van der Waals surface area (Å²) in [6, 6.07) is 6.67. The van der Waals surface area contributed by atoms with Gasteiger partial charge in [0, 0.05) is 13.0 Å². The first kappa shape index (κ1) is 14.6. The van der Waals surface area contributed by atoms with E-state index < -0.39 is 12.0 Å². The van der Waals surface area contributed by atoms with Gasteiger partial charge in [0.15, 0.2) is 6.04 Å². The van der Waals surface area contributed by atoms with Gasteiger partial charge in [-0.15, -0.1) is 0 Å². The second kappa shape index (κ2) is 6.07. The SMILES string of the molecule is CC[C@H](C)CC(=O)N1CCc2ccccc2[C@H]1C(=O)O. The van der Waals surface area contributed by atoms with Crippen molar-refractivity contribution in [3.63, 3.8) is 0 Å². The molecule has 0 aliphatic carbocycles. The molecule has 1 heterocycles. The summed E-state index contributed by atoms with van der Waals surface area (Å²) in [5.74, 6) is -0.718. The lowest BCUT2D eigenvalue weighted by molar-refractivity contribution is -0.151. The molecular formula is C16H21NO3. The largest absolute Gasteiger partial charge is 0.479 e. The summed E-state index contributed by atoms with van der Waals surface area (Å²) in [4.78, 5) is 25.5. The standard InChI is InChI=1S/C16H21NO3/c1-3-11(2)10-14(18)17-9-8-12-6-4-5-7-13(12)15(17)16(19)20/h4-7,11,15H,3,8-10H2,1-2H3,(H,19,20)/t11-,15-/m0/s1. The Morgan fingerprint density at radius 1 is 1.40 bits per heavy atom. The number of aliphatic carboxylic acids is 1. The summed E-state index contributed by atoms with van der Waals surface area (Å²) in [7, 11) is 0. The van der Waals surface area contributed by atoms with Gasteiger partial charge < -0.3 is 10.0 Å². The van der Waals surface area contributed by atoms with Crippen LogP contribution in [0, 0.1) is 5.92 Å². The first-order chi connectivity index (χ1) is 9.54. The maximum atomic E-state index is 12.4. The third-order valence-electron chi connectivity index (χ3n) is 4.06. The lowest BCUT2D eigenvalue weighted by Gasteiger charge is -2.35. The lowest BCUT2D eigenvalue weighted by Crippen LogP contribution is -2.43. The predicted octanol–water partition coefficient (Wildman–Crippen LogP) is 2.63. The molecule has 4 heteroatoms. The number of carbonyl (C=O) groups is 2. The van der Waals surface area contributed by atoms with E-state index in [0.717, 1.165) is 24.0 Å². The van der Waals surface area contributed by atoms with Crippen LogP contribution in [0.25, 0.3) is 0 Å². The smallest absolute Gasteiger partial charge is 0.331 e. The van der Waals surface area contributed by atoms with Gasteiger partial charge in [0.2, 0.25) is 5.91 Å². The Hall–Kier alpha value is -1.84. The summed E-state index contributed by atoms with van der Waals surface area (Å²) >= 11 is 0. The minimum atomic E-state index is -0.949. The molecule has 1 N–H and O–H groups in total. The number of nitrogens with zero attached hydrogens (tertiary/aromatic N) is 1. The van der Waals surface area contributed by atoms with Gasteiger partial charge >= 0.3 is 5.97 Å². The van der Waals surface area contributed by atoms with E-state index in [9.17, 15) is 14.7 Å². The van der Waals surface area contributed by atoms with E-state index in [1.54, 1.807) is 0 Å². The van der Waals surface area contributed by atoms with E-state index in [0.29, 0.717) is 13.0 Å².